The van der Waals surface area contributed by atoms with Gasteiger partial charge in [0.05, 0.1) is 12.7 Å². The minimum Gasteiger partial charge on any atom is -0.496 e. The molecule has 1 fully saturated rings. The maximum Gasteiger partial charge on any atom is 0.407 e. The molecule has 0 bridgehead atoms. The van der Waals surface area contributed by atoms with Crippen LogP contribution in [0.2, 0.25) is 0 Å². The molecule has 0 radical (unpaired) electrons. The van der Waals surface area contributed by atoms with E-state index in [1.807, 2.05) is 37.3 Å². The van der Waals surface area contributed by atoms with Gasteiger partial charge < -0.3 is 29.6 Å². The lowest BCUT2D eigenvalue weighted by atomic mass is 10.0. The first-order valence-electron chi connectivity index (χ1n) is 13.2. The normalized spacial score (nSPS) is 16.1. The molecule has 3 aromatic rings. The highest BCUT2D eigenvalue weighted by Gasteiger charge is 2.30. The van der Waals surface area contributed by atoms with E-state index in [9.17, 15) is 14.4 Å². The van der Waals surface area contributed by atoms with E-state index in [-0.39, 0.29) is 42.3 Å². The number of hydrogen-bond acceptors (Lipinski definition) is 8. The van der Waals surface area contributed by atoms with Gasteiger partial charge in [-0.25, -0.2) is 4.79 Å². The molecule has 2 amide bonds. The number of hydrogen-bond donors (Lipinski definition) is 3. The van der Waals surface area contributed by atoms with E-state index in [1.165, 1.54) is 13.2 Å². The SMILES string of the molecule is CCCNC(=O)O[C@@H]1CC[C@H](c2cc(NC(=O)COc3cc(OC)cc(OCc4ccccc4)c3C=O)n[nH]2)C1. The number of alkyl carbamates (subject to hydrolysis) is 1. The first-order chi connectivity index (χ1) is 19.5. The number of ether oxygens (including phenoxy) is 4. The van der Waals surface area contributed by atoms with E-state index in [1.54, 1.807) is 12.1 Å². The van der Waals surface area contributed by atoms with Crippen LogP contribution in [0.1, 0.15) is 60.1 Å². The Bertz CT molecular complexity index is 1290. The van der Waals surface area contributed by atoms with Crippen LogP contribution in [0.4, 0.5) is 10.6 Å². The summed E-state index contributed by atoms with van der Waals surface area (Å²) in [5.41, 5.74) is 1.96. The summed E-state index contributed by atoms with van der Waals surface area (Å²) in [6, 6.07) is 14.4. The zero-order valence-corrected chi connectivity index (χ0v) is 22.6. The lowest BCUT2D eigenvalue weighted by Gasteiger charge is -2.15. The van der Waals surface area contributed by atoms with Crippen LogP contribution >= 0.6 is 0 Å². The summed E-state index contributed by atoms with van der Waals surface area (Å²) >= 11 is 0. The van der Waals surface area contributed by atoms with Gasteiger partial charge in [0.2, 0.25) is 0 Å². The molecule has 0 unspecified atom stereocenters. The quantitative estimate of drug-likeness (QED) is 0.262. The highest BCUT2D eigenvalue weighted by Crippen LogP contribution is 2.36. The minimum atomic E-state index is -0.454. The third kappa shape index (κ3) is 7.75. The Kier molecular flexibility index (Phi) is 9.98. The molecule has 40 heavy (non-hydrogen) atoms. The Balaban J connectivity index is 1.32. The number of anilines is 1. The molecule has 0 spiro atoms. The molecule has 1 aliphatic rings. The van der Waals surface area contributed by atoms with E-state index in [0.717, 1.165) is 30.5 Å². The summed E-state index contributed by atoms with van der Waals surface area (Å²) in [7, 11) is 1.49. The first kappa shape index (κ1) is 28.5. The number of carbonyl (C=O) groups is 3. The second-order valence-corrected chi connectivity index (χ2v) is 9.44. The van der Waals surface area contributed by atoms with E-state index >= 15 is 0 Å². The fraction of sp³-hybridized carbons (Fsp3) is 0.379. The van der Waals surface area contributed by atoms with Crippen molar-refractivity contribution < 1.29 is 33.3 Å². The minimum absolute atomic E-state index is 0.139. The molecule has 2 aromatic carbocycles. The van der Waals surface area contributed by atoms with E-state index in [0.29, 0.717) is 30.8 Å². The lowest BCUT2D eigenvalue weighted by molar-refractivity contribution is -0.118. The Hall–Kier alpha value is -4.54. The van der Waals surface area contributed by atoms with Crippen molar-refractivity contribution in [1.82, 2.24) is 15.5 Å². The summed E-state index contributed by atoms with van der Waals surface area (Å²) in [5, 5.41) is 12.6. The molecule has 0 aliphatic heterocycles. The van der Waals surface area contributed by atoms with Crippen molar-refractivity contribution in [3.8, 4) is 17.2 Å². The number of benzene rings is 2. The van der Waals surface area contributed by atoms with Gasteiger partial charge in [-0.15, -0.1) is 0 Å². The zero-order chi connectivity index (χ0) is 28.3. The maximum atomic E-state index is 12.6. The number of amides is 2. The van der Waals surface area contributed by atoms with Crippen LogP contribution in [0.25, 0.3) is 0 Å². The fourth-order valence-corrected chi connectivity index (χ4v) is 4.47. The molecule has 4 rings (SSSR count). The van der Waals surface area contributed by atoms with Gasteiger partial charge >= 0.3 is 6.09 Å². The van der Waals surface area contributed by atoms with Crippen LogP contribution in [0, 0.1) is 0 Å². The predicted octanol–water partition coefficient (Wildman–Crippen LogP) is 4.60. The summed E-state index contributed by atoms with van der Waals surface area (Å²) < 4.78 is 22.4. The summed E-state index contributed by atoms with van der Waals surface area (Å²) in [5.74, 6) is 0.899. The van der Waals surface area contributed by atoms with Crippen LogP contribution in [0.5, 0.6) is 17.2 Å². The van der Waals surface area contributed by atoms with Crippen molar-refractivity contribution in [3.05, 3.63) is 65.4 Å². The largest absolute Gasteiger partial charge is 0.496 e. The number of nitrogens with zero attached hydrogens (tertiary/aromatic N) is 1. The standard InChI is InChI=1S/C29H34N4O7/c1-3-11-30-29(36)40-21-10-9-20(12-21)24-15-27(33-32-24)31-28(35)18-39-26-14-22(37-2)13-25(23(26)16-34)38-17-19-7-5-4-6-8-19/h4-8,13-16,20-21H,3,9-12,17-18H2,1-2H3,(H,30,36)(H2,31,32,33,35)/t20-,21+/m0/s1. The fourth-order valence-electron chi connectivity index (χ4n) is 4.47. The number of H-pyrrole nitrogens is 1. The van der Waals surface area contributed by atoms with Crippen molar-refractivity contribution in [2.45, 2.75) is 51.2 Å². The van der Waals surface area contributed by atoms with Gasteiger partial charge in [0.1, 0.15) is 30.0 Å². The van der Waals surface area contributed by atoms with Crippen molar-refractivity contribution in [3.63, 3.8) is 0 Å². The first-order valence-corrected chi connectivity index (χ1v) is 13.2. The Morgan fingerprint density at radius 3 is 2.60 bits per heavy atom. The molecule has 3 N–H and O–H groups in total. The second-order valence-electron chi connectivity index (χ2n) is 9.44. The van der Waals surface area contributed by atoms with Gasteiger partial charge in [0.15, 0.2) is 18.7 Å². The number of rotatable bonds is 13. The zero-order valence-electron chi connectivity index (χ0n) is 22.6. The molecule has 212 valence electrons. The van der Waals surface area contributed by atoms with Gasteiger partial charge in [-0.05, 0) is 31.2 Å². The monoisotopic (exact) mass is 550 g/mol. The number of aromatic nitrogens is 2. The van der Waals surface area contributed by atoms with Gasteiger partial charge in [-0.3, -0.25) is 14.7 Å². The summed E-state index contributed by atoms with van der Waals surface area (Å²) in [4.78, 5) is 36.4. The number of carbonyl (C=O) groups excluding carboxylic acids is 3. The molecular formula is C29H34N4O7. The molecule has 11 heteroatoms. The third-order valence-corrected chi connectivity index (χ3v) is 6.51. The summed E-state index contributed by atoms with van der Waals surface area (Å²) in [6.07, 6.45) is 3.19. The number of aldehydes is 1. The third-order valence-electron chi connectivity index (χ3n) is 6.51. The predicted molar refractivity (Wildman–Crippen MR) is 147 cm³/mol. The van der Waals surface area contributed by atoms with Gasteiger partial charge in [-0.1, -0.05) is 37.3 Å². The average Bonchev–Trinajstić information content (AvgIpc) is 3.63. The van der Waals surface area contributed by atoms with Crippen molar-refractivity contribution >= 4 is 24.1 Å². The second kappa shape index (κ2) is 14.0. The van der Waals surface area contributed by atoms with E-state index < -0.39 is 12.0 Å². The van der Waals surface area contributed by atoms with Gasteiger partial charge in [-0.2, -0.15) is 5.10 Å². The highest BCUT2D eigenvalue weighted by atomic mass is 16.6. The molecule has 11 nitrogen and oxygen atoms in total. The van der Waals surface area contributed by atoms with Crippen molar-refractivity contribution in [1.29, 1.82) is 0 Å². The van der Waals surface area contributed by atoms with E-state index in [2.05, 4.69) is 20.8 Å². The van der Waals surface area contributed by atoms with E-state index in [4.69, 9.17) is 18.9 Å². The average molecular weight is 551 g/mol. The van der Waals surface area contributed by atoms with Gasteiger partial charge in [0.25, 0.3) is 5.91 Å². The van der Waals surface area contributed by atoms with Crippen molar-refractivity contribution in [2.75, 3.05) is 25.6 Å². The molecular weight excluding hydrogens is 516 g/mol. The molecule has 1 heterocycles. The molecule has 2 atom stereocenters. The van der Waals surface area contributed by atoms with Crippen LogP contribution < -0.4 is 24.8 Å². The Morgan fingerprint density at radius 2 is 1.88 bits per heavy atom. The van der Waals surface area contributed by atoms with Gasteiger partial charge in [0, 0.05) is 36.4 Å². The van der Waals surface area contributed by atoms with Crippen LogP contribution in [-0.4, -0.2) is 54.8 Å². The number of nitrogens with one attached hydrogen (secondary N) is 3. The molecule has 0 saturated heterocycles. The van der Waals surface area contributed by atoms with Crippen LogP contribution in [0.3, 0.4) is 0 Å². The summed E-state index contributed by atoms with van der Waals surface area (Å²) in [6.45, 7) is 2.45. The molecule has 1 aromatic heterocycles. The smallest absolute Gasteiger partial charge is 0.407 e. The molecule has 1 aliphatic carbocycles. The number of methoxy groups -OCH3 is 1. The lowest BCUT2D eigenvalue weighted by Crippen LogP contribution is -2.28. The van der Waals surface area contributed by atoms with Crippen molar-refractivity contribution in [2.24, 2.45) is 0 Å². The Labute approximate surface area is 232 Å². The number of aromatic amines is 1. The maximum absolute atomic E-state index is 12.6. The highest BCUT2D eigenvalue weighted by molar-refractivity contribution is 5.91. The molecule has 1 saturated carbocycles. The Morgan fingerprint density at radius 1 is 1.10 bits per heavy atom. The topological polar surface area (TPSA) is 141 Å². The van der Waals surface area contributed by atoms with Crippen LogP contribution in [0.15, 0.2) is 48.5 Å². The van der Waals surface area contributed by atoms with Crippen LogP contribution in [-0.2, 0) is 16.1 Å².